The van der Waals surface area contributed by atoms with Crippen molar-refractivity contribution in [3.05, 3.63) is 24.0 Å². The highest BCUT2D eigenvalue weighted by atomic mass is 19.4. The number of alkyl halides is 3. The van der Waals surface area contributed by atoms with Gasteiger partial charge in [0.05, 0.1) is 19.1 Å². The lowest BCUT2D eigenvalue weighted by molar-refractivity contribution is -0.134. The third-order valence-electron chi connectivity index (χ3n) is 2.54. The molecule has 0 bridgehead atoms. The van der Waals surface area contributed by atoms with E-state index in [9.17, 15) is 18.3 Å². The molecule has 0 unspecified atom stereocenters. The number of aromatic hydroxyl groups is 1. The van der Waals surface area contributed by atoms with Crippen LogP contribution in [-0.2, 0) is 6.42 Å². The summed E-state index contributed by atoms with van der Waals surface area (Å²) in [5.74, 6) is 0.174. The summed E-state index contributed by atoms with van der Waals surface area (Å²) in [5, 5.41) is 13.2. The summed E-state index contributed by atoms with van der Waals surface area (Å²) in [6.07, 6.45) is -5.67. The van der Waals surface area contributed by atoms with E-state index in [0.29, 0.717) is 5.75 Å². The van der Waals surface area contributed by atoms with E-state index in [1.165, 1.54) is 19.2 Å². The molecular formula is C12H11F3N2O3. The number of ether oxygens (including phenoxy) is 1. The van der Waals surface area contributed by atoms with E-state index < -0.39 is 12.6 Å². The molecule has 0 amide bonds. The molecule has 0 aliphatic carbocycles. The molecule has 0 aliphatic rings. The van der Waals surface area contributed by atoms with Crippen molar-refractivity contribution in [2.75, 3.05) is 7.11 Å². The molecule has 1 N–H and O–H groups in total. The van der Waals surface area contributed by atoms with Crippen molar-refractivity contribution in [2.24, 2.45) is 0 Å². The van der Waals surface area contributed by atoms with Crippen LogP contribution in [0, 0.1) is 0 Å². The molecule has 20 heavy (non-hydrogen) atoms. The number of aromatic nitrogens is 2. The van der Waals surface area contributed by atoms with Gasteiger partial charge in [0.25, 0.3) is 5.89 Å². The van der Waals surface area contributed by atoms with Crippen LogP contribution in [0.15, 0.2) is 22.7 Å². The monoisotopic (exact) mass is 288 g/mol. The summed E-state index contributed by atoms with van der Waals surface area (Å²) in [5.41, 5.74) is 0.233. The Morgan fingerprint density at radius 1 is 1.35 bits per heavy atom. The Bertz CT molecular complexity index is 596. The fourth-order valence-corrected chi connectivity index (χ4v) is 1.54. The number of phenolic OH excluding ortho intramolecular Hbond substituents is 1. The molecule has 1 aromatic heterocycles. The van der Waals surface area contributed by atoms with E-state index in [2.05, 4.69) is 10.1 Å². The van der Waals surface area contributed by atoms with Gasteiger partial charge >= 0.3 is 6.18 Å². The van der Waals surface area contributed by atoms with Gasteiger partial charge in [0.1, 0.15) is 11.5 Å². The fraction of sp³-hybridized carbons (Fsp3) is 0.333. The van der Waals surface area contributed by atoms with Gasteiger partial charge in [-0.25, -0.2) is 0 Å². The smallest absolute Gasteiger partial charge is 0.389 e. The summed E-state index contributed by atoms with van der Waals surface area (Å²) in [6.45, 7) is 0. The second-order valence-corrected chi connectivity index (χ2v) is 4.01. The molecule has 2 rings (SSSR count). The van der Waals surface area contributed by atoms with Gasteiger partial charge in [0.15, 0.2) is 5.82 Å². The summed E-state index contributed by atoms with van der Waals surface area (Å²) in [7, 11) is 1.44. The predicted molar refractivity (Wildman–Crippen MR) is 62.3 cm³/mol. The maximum absolute atomic E-state index is 12.1. The van der Waals surface area contributed by atoms with Crippen molar-refractivity contribution < 1.29 is 27.5 Å². The molecule has 0 spiro atoms. The zero-order valence-electron chi connectivity index (χ0n) is 10.4. The Morgan fingerprint density at radius 3 is 2.70 bits per heavy atom. The number of methoxy groups -OCH3 is 1. The van der Waals surface area contributed by atoms with Crippen molar-refractivity contribution in [1.82, 2.24) is 10.1 Å². The summed E-state index contributed by atoms with van der Waals surface area (Å²) in [6, 6.07) is 4.39. The van der Waals surface area contributed by atoms with E-state index in [0.717, 1.165) is 0 Å². The molecule has 1 aromatic carbocycles. The first-order chi connectivity index (χ1) is 9.39. The van der Waals surface area contributed by atoms with Gasteiger partial charge in [-0.15, -0.1) is 0 Å². The lowest BCUT2D eigenvalue weighted by Crippen LogP contribution is -2.09. The van der Waals surface area contributed by atoms with Gasteiger partial charge in [-0.3, -0.25) is 0 Å². The summed E-state index contributed by atoms with van der Waals surface area (Å²) in [4.78, 5) is 3.82. The van der Waals surface area contributed by atoms with Gasteiger partial charge < -0.3 is 14.4 Å². The largest absolute Gasteiger partial charge is 0.507 e. The lowest BCUT2D eigenvalue weighted by Gasteiger charge is -2.03. The van der Waals surface area contributed by atoms with Crippen LogP contribution in [0.3, 0.4) is 0 Å². The number of hydrogen-bond acceptors (Lipinski definition) is 5. The van der Waals surface area contributed by atoms with Crippen LogP contribution < -0.4 is 4.74 Å². The van der Waals surface area contributed by atoms with Crippen molar-refractivity contribution >= 4 is 0 Å². The molecule has 1 heterocycles. The van der Waals surface area contributed by atoms with E-state index in [1.807, 2.05) is 0 Å². The molecule has 0 radical (unpaired) electrons. The molecule has 0 saturated heterocycles. The average Bonchev–Trinajstić information content (AvgIpc) is 2.84. The Morgan fingerprint density at radius 2 is 2.10 bits per heavy atom. The van der Waals surface area contributed by atoms with Gasteiger partial charge in [0, 0.05) is 12.5 Å². The van der Waals surface area contributed by atoms with Crippen LogP contribution in [0.2, 0.25) is 0 Å². The molecule has 0 fully saturated rings. The van der Waals surface area contributed by atoms with Crippen LogP contribution >= 0.6 is 0 Å². The zero-order chi connectivity index (χ0) is 14.8. The standard InChI is InChI=1S/C12H11F3N2O3/c1-19-7-2-3-8(9(18)6-7)11-16-10(17-20-11)4-5-12(13,14)15/h2-3,6,18H,4-5H2,1H3. The second kappa shape index (κ2) is 5.40. The fourth-order valence-electron chi connectivity index (χ4n) is 1.54. The highest BCUT2D eigenvalue weighted by molar-refractivity contribution is 5.63. The highest BCUT2D eigenvalue weighted by Gasteiger charge is 2.27. The predicted octanol–water partition coefficient (Wildman–Crippen LogP) is 2.95. The minimum atomic E-state index is -4.27. The molecule has 0 atom stereocenters. The average molecular weight is 288 g/mol. The first-order valence-electron chi connectivity index (χ1n) is 5.66. The third-order valence-corrected chi connectivity index (χ3v) is 2.54. The van der Waals surface area contributed by atoms with Crippen LogP contribution in [0.4, 0.5) is 13.2 Å². The van der Waals surface area contributed by atoms with Gasteiger partial charge in [-0.2, -0.15) is 18.2 Å². The SMILES string of the molecule is COc1ccc(-c2nc(CCC(F)(F)F)no2)c(O)c1. The Hall–Kier alpha value is -2.25. The molecule has 0 saturated carbocycles. The normalized spacial score (nSPS) is 11.6. The van der Waals surface area contributed by atoms with E-state index in [4.69, 9.17) is 9.26 Å². The number of halogens is 3. The van der Waals surface area contributed by atoms with Crippen molar-refractivity contribution in [3.8, 4) is 23.0 Å². The lowest BCUT2D eigenvalue weighted by atomic mass is 10.2. The highest BCUT2D eigenvalue weighted by Crippen LogP contribution is 2.31. The first kappa shape index (κ1) is 14.2. The molecule has 0 aliphatic heterocycles. The van der Waals surface area contributed by atoms with Gasteiger partial charge in [0.2, 0.25) is 0 Å². The quantitative estimate of drug-likeness (QED) is 0.936. The second-order valence-electron chi connectivity index (χ2n) is 4.01. The van der Waals surface area contributed by atoms with Crippen LogP contribution in [0.5, 0.6) is 11.5 Å². The molecule has 2 aromatic rings. The van der Waals surface area contributed by atoms with Crippen LogP contribution in [-0.4, -0.2) is 28.5 Å². The maximum Gasteiger partial charge on any atom is 0.389 e. The molecular weight excluding hydrogens is 277 g/mol. The van der Waals surface area contributed by atoms with Crippen LogP contribution in [0.1, 0.15) is 12.2 Å². The number of phenols is 1. The van der Waals surface area contributed by atoms with Crippen molar-refractivity contribution in [2.45, 2.75) is 19.0 Å². The number of aryl methyl sites for hydroxylation is 1. The van der Waals surface area contributed by atoms with Crippen LogP contribution in [0.25, 0.3) is 11.5 Å². The minimum absolute atomic E-state index is 0.0395. The minimum Gasteiger partial charge on any atom is -0.507 e. The number of nitrogens with zero attached hydrogens (tertiary/aromatic N) is 2. The van der Waals surface area contributed by atoms with Gasteiger partial charge in [-0.1, -0.05) is 5.16 Å². The Balaban J connectivity index is 2.16. The topological polar surface area (TPSA) is 68.4 Å². The summed E-state index contributed by atoms with van der Waals surface area (Å²) < 4.78 is 46.0. The van der Waals surface area contributed by atoms with Gasteiger partial charge in [-0.05, 0) is 12.1 Å². The molecule has 108 valence electrons. The number of rotatable bonds is 4. The Kier molecular flexibility index (Phi) is 3.82. The number of hydrogen-bond donors (Lipinski definition) is 1. The summed E-state index contributed by atoms with van der Waals surface area (Å²) >= 11 is 0. The molecule has 5 nitrogen and oxygen atoms in total. The van der Waals surface area contributed by atoms with E-state index in [-0.39, 0.29) is 29.4 Å². The number of benzene rings is 1. The van der Waals surface area contributed by atoms with Crippen molar-refractivity contribution in [3.63, 3.8) is 0 Å². The molecule has 8 heteroatoms. The van der Waals surface area contributed by atoms with Crippen molar-refractivity contribution in [1.29, 1.82) is 0 Å². The Labute approximate surface area is 112 Å². The van der Waals surface area contributed by atoms with E-state index >= 15 is 0 Å². The van der Waals surface area contributed by atoms with E-state index in [1.54, 1.807) is 6.07 Å². The zero-order valence-corrected chi connectivity index (χ0v) is 10.4. The maximum atomic E-state index is 12.1. The third kappa shape index (κ3) is 3.40. The first-order valence-corrected chi connectivity index (χ1v) is 5.66.